The van der Waals surface area contributed by atoms with Crippen molar-refractivity contribution < 1.29 is 4.79 Å². The lowest BCUT2D eigenvalue weighted by Gasteiger charge is -2.36. The van der Waals surface area contributed by atoms with Crippen LogP contribution in [0, 0.1) is 11.3 Å². The molecular weight excluding hydrogens is 294 g/mol. The maximum Gasteiger partial charge on any atom is 0.244 e. The lowest BCUT2D eigenvalue weighted by Crippen LogP contribution is -2.51. The van der Waals surface area contributed by atoms with Gasteiger partial charge in [-0.1, -0.05) is 18.2 Å². The third-order valence-electron chi connectivity index (χ3n) is 3.98. The molecule has 0 bridgehead atoms. The van der Waals surface area contributed by atoms with E-state index in [0.29, 0.717) is 5.75 Å². The summed E-state index contributed by atoms with van der Waals surface area (Å²) in [6.07, 6.45) is 2.99. The van der Waals surface area contributed by atoms with Gasteiger partial charge in [-0.25, -0.2) is 0 Å². The molecule has 2 rings (SSSR count). The highest BCUT2D eigenvalue weighted by Gasteiger charge is 2.31. The second-order valence-corrected chi connectivity index (χ2v) is 6.63. The summed E-state index contributed by atoms with van der Waals surface area (Å²) in [7, 11) is 2.03. The summed E-state index contributed by atoms with van der Waals surface area (Å²) in [5.41, 5.74) is 0.996. The first kappa shape index (κ1) is 16.9. The Hall–Kier alpha value is -1.51. The molecule has 0 saturated carbocycles. The van der Waals surface area contributed by atoms with Crippen molar-refractivity contribution in [1.82, 2.24) is 4.90 Å². The van der Waals surface area contributed by atoms with E-state index >= 15 is 0 Å². The quantitative estimate of drug-likeness (QED) is 0.726. The minimum absolute atomic E-state index is 0.0186. The van der Waals surface area contributed by atoms with E-state index in [9.17, 15) is 4.79 Å². The van der Waals surface area contributed by atoms with Crippen molar-refractivity contribution in [3.05, 3.63) is 30.3 Å². The van der Waals surface area contributed by atoms with Crippen LogP contribution in [0.5, 0.6) is 0 Å². The Morgan fingerprint density at radius 3 is 2.91 bits per heavy atom. The molecule has 0 radical (unpaired) electrons. The average molecular weight is 317 g/mol. The van der Waals surface area contributed by atoms with Crippen LogP contribution >= 0.6 is 11.8 Å². The number of anilines is 1. The minimum Gasteiger partial charge on any atom is -0.311 e. The van der Waals surface area contributed by atoms with E-state index < -0.39 is 0 Å². The molecule has 0 spiro atoms. The third-order valence-corrected chi connectivity index (χ3v) is 4.89. The van der Waals surface area contributed by atoms with Crippen molar-refractivity contribution in [3.63, 3.8) is 0 Å². The van der Waals surface area contributed by atoms with E-state index in [1.165, 1.54) is 0 Å². The molecule has 5 heteroatoms. The largest absolute Gasteiger partial charge is 0.311 e. The number of carbonyl (C=O) groups excluding carboxylic acids is 1. The van der Waals surface area contributed by atoms with Crippen molar-refractivity contribution in [3.8, 4) is 6.07 Å². The zero-order chi connectivity index (χ0) is 15.8. The van der Waals surface area contributed by atoms with Crippen molar-refractivity contribution in [2.75, 3.05) is 36.5 Å². The normalized spacial score (nSPS) is 18.5. The number of nitrogens with zero attached hydrogens (tertiary/aromatic N) is 3. The molecule has 0 unspecified atom stereocenters. The van der Waals surface area contributed by atoms with Crippen LogP contribution in [0.15, 0.2) is 30.3 Å². The summed E-state index contributed by atoms with van der Waals surface area (Å²) in [4.78, 5) is 16.8. The number of hydrogen-bond donors (Lipinski definition) is 0. The Bertz CT molecular complexity index is 514. The van der Waals surface area contributed by atoms with Crippen LogP contribution in [0.3, 0.4) is 0 Å². The molecule has 1 heterocycles. The summed E-state index contributed by atoms with van der Waals surface area (Å²) in [5.74, 6) is 1.74. The van der Waals surface area contributed by atoms with Crippen LogP contribution < -0.4 is 4.90 Å². The molecular formula is C17H23N3OS. The van der Waals surface area contributed by atoms with Crippen molar-refractivity contribution >= 4 is 23.4 Å². The number of carbonyl (C=O) groups is 1. The summed E-state index contributed by atoms with van der Waals surface area (Å²) >= 11 is 1.66. The number of amides is 1. The fourth-order valence-corrected chi connectivity index (χ4v) is 3.39. The summed E-state index contributed by atoms with van der Waals surface area (Å²) < 4.78 is 0. The Morgan fingerprint density at radius 2 is 2.18 bits per heavy atom. The number of thioether (sulfide) groups is 1. The zero-order valence-electron chi connectivity index (χ0n) is 13.1. The van der Waals surface area contributed by atoms with Crippen LogP contribution in [-0.2, 0) is 4.79 Å². The predicted octanol–water partition coefficient (Wildman–Crippen LogP) is 2.76. The molecule has 1 saturated heterocycles. The first-order chi connectivity index (χ1) is 10.7. The summed E-state index contributed by atoms with van der Waals surface area (Å²) in [6.45, 7) is 1.71. The highest BCUT2D eigenvalue weighted by Crippen LogP contribution is 2.23. The van der Waals surface area contributed by atoms with Gasteiger partial charge in [0, 0.05) is 12.2 Å². The maximum absolute atomic E-state index is 12.7. The number of rotatable bonds is 7. The number of piperidine rings is 1. The Kier molecular flexibility index (Phi) is 6.75. The molecule has 1 amide bonds. The number of benzene rings is 1. The van der Waals surface area contributed by atoms with Gasteiger partial charge >= 0.3 is 0 Å². The topological polar surface area (TPSA) is 47.3 Å². The zero-order valence-corrected chi connectivity index (χ0v) is 13.9. The molecule has 1 atom stereocenters. The molecule has 1 fully saturated rings. The van der Waals surface area contributed by atoms with Crippen LogP contribution in [0.1, 0.15) is 19.3 Å². The highest BCUT2D eigenvalue weighted by atomic mass is 32.2. The van der Waals surface area contributed by atoms with Gasteiger partial charge in [-0.15, -0.1) is 11.8 Å². The van der Waals surface area contributed by atoms with E-state index in [2.05, 4.69) is 11.0 Å². The lowest BCUT2D eigenvalue weighted by molar-refractivity contribution is -0.124. The molecule has 0 aliphatic carbocycles. The number of para-hydroxylation sites is 1. The molecule has 22 heavy (non-hydrogen) atoms. The smallest absolute Gasteiger partial charge is 0.244 e. The second kappa shape index (κ2) is 8.82. The van der Waals surface area contributed by atoms with Gasteiger partial charge in [0.2, 0.25) is 5.91 Å². The molecule has 118 valence electrons. The molecule has 1 aromatic carbocycles. The first-order valence-corrected chi connectivity index (χ1v) is 8.91. The van der Waals surface area contributed by atoms with Crippen molar-refractivity contribution in [1.29, 1.82) is 5.26 Å². The molecule has 1 aromatic rings. The highest BCUT2D eigenvalue weighted by molar-refractivity contribution is 7.99. The molecule has 1 aliphatic rings. The SMILES string of the molecule is CN(CCCSCC#N)[C@@H]1CCCN(c2ccccc2)C1=O. The van der Waals surface area contributed by atoms with Gasteiger partial charge in [-0.05, 0) is 50.7 Å². The second-order valence-electron chi connectivity index (χ2n) is 5.53. The van der Waals surface area contributed by atoms with Gasteiger partial charge in [-0.3, -0.25) is 9.69 Å². The van der Waals surface area contributed by atoms with Gasteiger partial charge in [-0.2, -0.15) is 5.26 Å². The molecule has 0 N–H and O–H groups in total. The summed E-state index contributed by atoms with van der Waals surface area (Å²) in [6, 6.07) is 12.0. The number of hydrogen-bond acceptors (Lipinski definition) is 4. The Morgan fingerprint density at radius 1 is 1.41 bits per heavy atom. The van der Waals surface area contributed by atoms with E-state index in [0.717, 1.165) is 43.8 Å². The average Bonchev–Trinajstić information content (AvgIpc) is 2.55. The fourth-order valence-electron chi connectivity index (χ4n) is 2.82. The maximum atomic E-state index is 12.7. The number of nitriles is 1. The lowest BCUT2D eigenvalue weighted by atomic mass is 10.0. The van der Waals surface area contributed by atoms with Crippen LogP contribution in [-0.4, -0.2) is 48.5 Å². The minimum atomic E-state index is -0.0186. The van der Waals surface area contributed by atoms with Crippen molar-refractivity contribution in [2.24, 2.45) is 0 Å². The van der Waals surface area contributed by atoms with Crippen LogP contribution in [0.2, 0.25) is 0 Å². The van der Waals surface area contributed by atoms with E-state index in [1.54, 1.807) is 11.8 Å². The third kappa shape index (κ3) is 4.49. The van der Waals surface area contributed by atoms with Gasteiger partial charge in [0.25, 0.3) is 0 Å². The monoisotopic (exact) mass is 317 g/mol. The standard InChI is InChI=1S/C17H23N3OS/c1-19(11-6-13-22-14-10-18)16-9-5-12-20(17(16)21)15-7-3-2-4-8-15/h2-4,7-8,16H,5-6,9,11-14H2,1H3/t16-/m1/s1. The van der Waals surface area contributed by atoms with Gasteiger partial charge in [0.1, 0.15) is 0 Å². The summed E-state index contributed by atoms with van der Waals surface area (Å²) in [5, 5.41) is 8.52. The van der Waals surface area contributed by atoms with E-state index in [4.69, 9.17) is 5.26 Å². The Balaban J connectivity index is 1.88. The van der Waals surface area contributed by atoms with E-state index in [-0.39, 0.29) is 11.9 Å². The molecule has 0 aromatic heterocycles. The predicted molar refractivity (Wildman–Crippen MR) is 92.0 cm³/mol. The van der Waals surface area contributed by atoms with Gasteiger partial charge < -0.3 is 4.90 Å². The van der Waals surface area contributed by atoms with E-state index in [1.807, 2.05) is 42.3 Å². The first-order valence-electron chi connectivity index (χ1n) is 7.75. The van der Waals surface area contributed by atoms with Crippen LogP contribution in [0.25, 0.3) is 0 Å². The number of likely N-dealkylation sites (N-methyl/N-ethyl adjacent to an activating group) is 1. The Labute approximate surface area is 137 Å². The molecule has 4 nitrogen and oxygen atoms in total. The fraction of sp³-hybridized carbons (Fsp3) is 0.529. The van der Waals surface area contributed by atoms with Gasteiger partial charge in [0.05, 0.1) is 17.9 Å². The van der Waals surface area contributed by atoms with Crippen LogP contribution in [0.4, 0.5) is 5.69 Å². The van der Waals surface area contributed by atoms with Crippen molar-refractivity contribution in [2.45, 2.75) is 25.3 Å². The van der Waals surface area contributed by atoms with Gasteiger partial charge in [0.15, 0.2) is 0 Å². The molecule has 1 aliphatic heterocycles.